The van der Waals surface area contributed by atoms with E-state index in [1.54, 1.807) is 40.9 Å². The number of β-amino-alcohol motifs (C(OH)–C–C–N with tert-alkyl or cyclic N) is 1. The normalized spacial score (nSPS) is 18.5. The van der Waals surface area contributed by atoms with Crippen molar-refractivity contribution in [1.82, 2.24) is 4.90 Å². The van der Waals surface area contributed by atoms with E-state index < -0.39 is 11.9 Å². The zero-order valence-electron chi connectivity index (χ0n) is 14.2. The molecular weight excluding hydrogens is 369 g/mol. The van der Waals surface area contributed by atoms with Crippen molar-refractivity contribution in [3.8, 4) is 5.75 Å². The average molecular weight is 390 g/mol. The van der Waals surface area contributed by atoms with Gasteiger partial charge >= 0.3 is 0 Å². The number of para-hydroxylation sites is 1. The quantitative estimate of drug-likeness (QED) is 0.681. The highest BCUT2D eigenvalue weighted by Crippen LogP contribution is 2.39. The molecule has 0 aliphatic carbocycles. The molecule has 1 aliphatic rings. The van der Waals surface area contributed by atoms with Crippen molar-refractivity contribution in [3.63, 3.8) is 0 Å². The molecule has 1 aromatic carbocycles. The first-order valence-electron chi connectivity index (χ1n) is 8.61. The van der Waals surface area contributed by atoms with Gasteiger partial charge in [0.15, 0.2) is 11.6 Å². The van der Waals surface area contributed by atoms with E-state index in [1.165, 1.54) is 21.4 Å². The van der Waals surface area contributed by atoms with Crippen molar-refractivity contribution in [3.05, 3.63) is 74.4 Å². The third-order valence-electron chi connectivity index (χ3n) is 4.59. The molecule has 26 heavy (non-hydrogen) atoms. The second-order valence-corrected chi connectivity index (χ2v) is 8.34. The van der Waals surface area contributed by atoms with Gasteiger partial charge in [-0.3, -0.25) is 4.90 Å². The number of aliphatic hydroxyl groups is 1. The van der Waals surface area contributed by atoms with Crippen LogP contribution < -0.4 is 4.74 Å². The molecule has 4 rings (SSSR count). The third kappa shape index (κ3) is 3.69. The molecule has 3 nitrogen and oxygen atoms in total. The Morgan fingerprint density at radius 1 is 1.15 bits per heavy atom. The van der Waals surface area contributed by atoms with E-state index in [1.807, 2.05) is 0 Å². The predicted molar refractivity (Wildman–Crippen MR) is 104 cm³/mol. The molecule has 2 unspecified atom stereocenters. The number of rotatable bonds is 6. The van der Waals surface area contributed by atoms with Gasteiger partial charge in [0.25, 0.3) is 0 Å². The summed E-state index contributed by atoms with van der Waals surface area (Å²) in [5.41, 5.74) is 1.34. The maximum Gasteiger partial charge on any atom is 0.165 e. The molecule has 0 radical (unpaired) electrons. The molecule has 0 amide bonds. The average Bonchev–Trinajstić information content (AvgIpc) is 3.32. The Morgan fingerprint density at radius 2 is 2.04 bits per heavy atom. The van der Waals surface area contributed by atoms with Gasteiger partial charge in [-0.05, 0) is 47.0 Å². The Labute approximate surface area is 160 Å². The van der Waals surface area contributed by atoms with Gasteiger partial charge in [0, 0.05) is 22.8 Å². The molecule has 1 N–H and O–H groups in total. The summed E-state index contributed by atoms with van der Waals surface area (Å²) in [7, 11) is 0. The van der Waals surface area contributed by atoms with Gasteiger partial charge in [0.1, 0.15) is 12.7 Å². The van der Waals surface area contributed by atoms with Crippen molar-refractivity contribution in [1.29, 1.82) is 0 Å². The summed E-state index contributed by atoms with van der Waals surface area (Å²) < 4.78 is 19.1. The molecule has 2 aromatic heterocycles. The highest BCUT2D eigenvalue weighted by Gasteiger charge is 2.31. The number of hydrogen-bond acceptors (Lipinski definition) is 5. The van der Waals surface area contributed by atoms with Crippen LogP contribution in [-0.4, -0.2) is 35.8 Å². The minimum atomic E-state index is -0.683. The molecule has 3 heterocycles. The number of benzene rings is 1. The number of hydrogen-bond donors (Lipinski definition) is 1. The largest absolute Gasteiger partial charge is 0.488 e. The first-order valence-corrected chi connectivity index (χ1v) is 10.4. The summed E-state index contributed by atoms with van der Waals surface area (Å²) in [6.07, 6.45) is 0.313. The van der Waals surface area contributed by atoms with Crippen LogP contribution in [0.4, 0.5) is 4.39 Å². The van der Waals surface area contributed by atoms with Crippen molar-refractivity contribution < 1.29 is 14.2 Å². The van der Waals surface area contributed by atoms with E-state index in [0.29, 0.717) is 6.54 Å². The Balaban J connectivity index is 1.45. The molecular formula is C20H20FNO2S2. The molecule has 6 heteroatoms. The van der Waals surface area contributed by atoms with Crippen molar-refractivity contribution >= 4 is 22.7 Å². The van der Waals surface area contributed by atoms with Crippen LogP contribution in [0.15, 0.2) is 53.2 Å². The summed E-state index contributed by atoms with van der Waals surface area (Å²) in [5.74, 6) is -0.225. The number of halogens is 1. The molecule has 2 atom stereocenters. The third-order valence-corrected chi connectivity index (χ3v) is 6.51. The van der Waals surface area contributed by atoms with E-state index in [9.17, 15) is 9.50 Å². The van der Waals surface area contributed by atoms with Gasteiger partial charge in [-0.15, -0.1) is 22.7 Å². The summed E-state index contributed by atoms with van der Waals surface area (Å²) in [5, 5.41) is 14.7. The lowest BCUT2D eigenvalue weighted by Gasteiger charge is -2.36. The van der Waals surface area contributed by atoms with Crippen molar-refractivity contribution in [2.45, 2.75) is 18.6 Å². The Kier molecular flexibility index (Phi) is 5.36. The van der Waals surface area contributed by atoms with Crippen molar-refractivity contribution in [2.24, 2.45) is 0 Å². The Hall–Kier alpha value is -1.73. The molecule has 0 saturated carbocycles. The smallest absolute Gasteiger partial charge is 0.165 e. The minimum absolute atomic E-state index is 0.0745. The van der Waals surface area contributed by atoms with Crippen LogP contribution in [0.5, 0.6) is 5.75 Å². The zero-order valence-corrected chi connectivity index (χ0v) is 15.8. The fraction of sp³-hybridized carbons (Fsp3) is 0.300. The standard InChI is InChI=1S/C20H20FNO2S2/c21-16-4-1-2-5-17(16)24-13-14(23)12-22-9-7-18-15(8-11-26-18)20(22)19-6-3-10-25-19/h1-6,8,10-11,14,20,23H,7,9,12-13H2. The lowest BCUT2D eigenvalue weighted by molar-refractivity contribution is 0.0550. The van der Waals surface area contributed by atoms with E-state index in [2.05, 4.69) is 33.9 Å². The molecule has 0 fully saturated rings. The van der Waals surface area contributed by atoms with Crippen LogP contribution in [0.1, 0.15) is 21.4 Å². The lowest BCUT2D eigenvalue weighted by Crippen LogP contribution is -2.41. The number of aliphatic hydroxyl groups excluding tert-OH is 1. The van der Waals surface area contributed by atoms with Crippen LogP contribution in [0.25, 0.3) is 0 Å². The zero-order chi connectivity index (χ0) is 17.9. The van der Waals surface area contributed by atoms with E-state index >= 15 is 0 Å². The maximum absolute atomic E-state index is 13.7. The Morgan fingerprint density at radius 3 is 2.85 bits per heavy atom. The minimum Gasteiger partial charge on any atom is -0.488 e. The molecule has 3 aromatic rings. The van der Waals surface area contributed by atoms with E-state index in [4.69, 9.17) is 4.74 Å². The van der Waals surface area contributed by atoms with Gasteiger partial charge in [0.2, 0.25) is 0 Å². The first kappa shape index (κ1) is 17.7. The van der Waals surface area contributed by atoms with Gasteiger partial charge in [-0.2, -0.15) is 0 Å². The van der Waals surface area contributed by atoms with Gasteiger partial charge < -0.3 is 9.84 Å². The van der Waals surface area contributed by atoms with Gasteiger partial charge in [-0.1, -0.05) is 18.2 Å². The predicted octanol–water partition coefficient (Wildman–Crippen LogP) is 4.34. The summed E-state index contributed by atoms with van der Waals surface area (Å²) in [6.45, 7) is 1.46. The lowest BCUT2D eigenvalue weighted by atomic mass is 9.98. The SMILES string of the molecule is OC(COc1ccccc1F)CN1CCc2sccc2C1c1cccs1. The van der Waals surface area contributed by atoms with Crippen LogP contribution in [-0.2, 0) is 6.42 Å². The summed E-state index contributed by atoms with van der Waals surface area (Å²) >= 11 is 3.55. The van der Waals surface area contributed by atoms with E-state index in [-0.39, 0.29) is 18.4 Å². The summed E-state index contributed by atoms with van der Waals surface area (Å²) in [6, 6.07) is 12.9. The fourth-order valence-corrected chi connectivity index (χ4v) is 5.20. The highest BCUT2D eigenvalue weighted by atomic mass is 32.1. The number of thiophene rings is 2. The van der Waals surface area contributed by atoms with Gasteiger partial charge in [0.05, 0.1) is 6.04 Å². The van der Waals surface area contributed by atoms with E-state index in [0.717, 1.165) is 13.0 Å². The topological polar surface area (TPSA) is 32.7 Å². The Bertz CT molecular complexity index is 849. The molecule has 0 saturated heterocycles. The first-order chi connectivity index (χ1) is 12.7. The van der Waals surface area contributed by atoms with Gasteiger partial charge in [-0.25, -0.2) is 4.39 Å². The van der Waals surface area contributed by atoms with Crippen LogP contribution in [0.3, 0.4) is 0 Å². The number of fused-ring (bicyclic) bond motifs is 1. The fourth-order valence-electron chi connectivity index (χ4n) is 3.42. The molecule has 0 spiro atoms. The van der Waals surface area contributed by atoms with Crippen LogP contribution in [0, 0.1) is 5.82 Å². The second kappa shape index (κ2) is 7.88. The van der Waals surface area contributed by atoms with Crippen LogP contribution in [0.2, 0.25) is 0 Å². The molecule has 0 bridgehead atoms. The number of ether oxygens (including phenoxy) is 1. The van der Waals surface area contributed by atoms with Crippen molar-refractivity contribution in [2.75, 3.05) is 19.7 Å². The monoisotopic (exact) mass is 389 g/mol. The summed E-state index contributed by atoms with van der Waals surface area (Å²) in [4.78, 5) is 5.01. The number of nitrogens with zero attached hydrogens (tertiary/aromatic N) is 1. The molecule has 1 aliphatic heterocycles. The highest BCUT2D eigenvalue weighted by molar-refractivity contribution is 7.10. The van der Waals surface area contributed by atoms with Crippen LogP contribution >= 0.6 is 22.7 Å². The molecule has 136 valence electrons. The second-order valence-electron chi connectivity index (χ2n) is 6.36. The maximum atomic E-state index is 13.7.